The third-order valence-electron chi connectivity index (χ3n) is 3.76. The van der Waals surface area contributed by atoms with Crippen LogP contribution in [0.15, 0.2) is 18.5 Å². The normalized spacial score (nSPS) is 21.5. The van der Waals surface area contributed by atoms with E-state index in [0.717, 1.165) is 25.1 Å². The average Bonchev–Trinajstić information content (AvgIpc) is 2.52. The van der Waals surface area contributed by atoms with E-state index in [-0.39, 0.29) is 6.10 Å². The Bertz CT molecular complexity index is 439. The van der Waals surface area contributed by atoms with Gasteiger partial charge in [-0.2, -0.15) is 0 Å². The number of ether oxygens (including phenoxy) is 2. The molecule has 2 atom stereocenters. The fraction of sp³-hybridized carbons (Fsp3) is 0.688. The summed E-state index contributed by atoms with van der Waals surface area (Å²) in [5.74, 6) is 0.699. The minimum absolute atomic E-state index is 0.218. The van der Waals surface area contributed by atoms with Crippen LogP contribution >= 0.6 is 0 Å². The third-order valence-corrected chi connectivity index (χ3v) is 3.76. The summed E-state index contributed by atoms with van der Waals surface area (Å²) in [6, 6.07) is 2.31. The maximum Gasteiger partial charge on any atom is 0.137 e. The predicted molar refractivity (Wildman–Crippen MR) is 81.4 cm³/mol. The number of hydrogen-bond donors (Lipinski definition) is 1. The molecule has 5 heteroatoms. The predicted octanol–water partition coefficient (Wildman–Crippen LogP) is 2.01. The molecule has 0 radical (unpaired) electrons. The number of rotatable bonds is 6. The Labute approximate surface area is 126 Å². The Morgan fingerprint density at radius 2 is 2.29 bits per heavy atom. The van der Waals surface area contributed by atoms with Crippen molar-refractivity contribution in [2.24, 2.45) is 0 Å². The lowest BCUT2D eigenvalue weighted by Gasteiger charge is -2.37. The van der Waals surface area contributed by atoms with Crippen molar-refractivity contribution in [1.29, 1.82) is 0 Å². The SMILES string of the molecule is CCCOc1cncc(C(O)C2CN(C(C)C)CCO2)c1. The largest absolute Gasteiger partial charge is 0.492 e. The Morgan fingerprint density at radius 3 is 3.00 bits per heavy atom. The van der Waals surface area contributed by atoms with Crippen LogP contribution in [0.1, 0.15) is 38.9 Å². The molecule has 1 fully saturated rings. The van der Waals surface area contributed by atoms with Gasteiger partial charge in [0.1, 0.15) is 18.0 Å². The van der Waals surface area contributed by atoms with Gasteiger partial charge in [-0.15, -0.1) is 0 Å². The summed E-state index contributed by atoms with van der Waals surface area (Å²) < 4.78 is 11.3. The van der Waals surface area contributed by atoms with Crippen molar-refractivity contribution in [1.82, 2.24) is 9.88 Å². The molecule has 0 bridgehead atoms. The summed E-state index contributed by atoms with van der Waals surface area (Å²) in [6.45, 7) is 9.34. The van der Waals surface area contributed by atoms with E-state index in [1.165, 1.54) is 0 Å². The van der Waals surface area contributed by atoms with E-state index in [4.69, 9.17) is 9.47 Å². The lowest BCUT2D eigenvalue weighted by atomic mass is 10.0. The van der Waals surface area contributed by atoms with E-state index in [1.54, 1.807) is 12.4 Å². The molecule has 1 N–H and O–H groups in total. The number of aliphatic hydroxyl groups is 1. The fourth-order valence-electron chi connectivity index (χ4n) is 2.47. The van der Waals surface area contributed by atoms with Gasteiger partial charge in [-0.25, -0.2) is 0 Å². The van der Waals surface area contributed by atoms with Crippen LogP contribution in [0.4, 0.5) is 0 Å². The highest BCUT2D eigenvalue weighted by Crippen LogP contribution is 2.25. The molecular formula is C16H26N2O3. The molecule has 118 valence electrons. The van der Waals surface area contributed by atoms with Crippen LogP contribution in [0.25, 0.3) is 0 Å². The summed E-state index contributed by atoms with van der Waals surface area (Å²) in [7, 11) is 0. The number of pyridine rings is 1. The Balaban J connectivity index is 2.03. The molecule has 21 heavy (non-hydrogen) atoms. The van der Waals surface area contributed by atoms with Gasteiger partial charge >= 0.3 is 0 Å². The second-order valence-corrected chi connectivity index (χ2v) is 5.75. The van der Waals surface area contributed by atoms with Gasteiger partial charge in [-0.1, -0.05) is 6.92 Å². The first kappa shape index (κ1) is 16.2. The zero-order chi connectivity index (χ0) is 15.2. The zero-order valence-corrected chi connectivity index (χ0v) is 13.2. The van der Waals surface area contributed by atoms with Crippen molar-refractivity contribution >= 4 is 0 Å². The number of nitrogens with zero attached hydrogens (tertiary/aromatic N) is 2. The van der Waals surface area contributed by atoms with Gasteiger partial charge in [0.2, 0.25) is 0 Å². The van der Waals surface area contributed by atoms with Gasteiger partial charge in [0.15, 0.2) is 0 Å². The quantitative estimate of drug-likeness (QED) is 0.870. The van der Waals surface area contributed by atoms with Crippen molar-refractivity contribution in [3.05, 3.63) is 24.0 Å². The molecule has 0 aromatic carbocycles. The highest BCUT2D eigenvalue weighted by molar-refractivity contribution is 5.26. The van der Waals surface area contributed by atoms with Crippen LogP contribution in [0, 0.1) is 0 Å². The summed E-state index contributed by atoms with van der Waals surface area (Å²) >= 11 is 0. The van der Waals surface area contributed by atoms with Gasteiger partial charge in [0.25, 0.3) is 0 Å². The first-order chi connectivity index (χ1) is 10.1. The highest BCUT2D eigenvalue weighted by atomic mass is 16.5. The highest BCUT2D eigenvalue weighted by Gasteiger charge is 2.29. The number of morpholine rings is 1. The smallest absolute Gasteiger partial charge is 0.137 e. The topological polar surface area (TPSA) is 54.8 Å². The standard InChI is InChI=1S/C16H26N2O3/c1-4-6-20-14-8-13(9-17-10-14)16(19)15-11-18(12(2)3)5-7-21-15/h8-10,12,15-16,19H,4-7,11H2,1-3H3. The van der Waals surface area contributed by atoms with Gasteiger partial charge in [-0.3, -0.25) is 9.88 Å². The molecule has 2 unspecified atom stereocenters. The van der Waals surface area contributed by atoms with E-state index in [9.17, 15) is 5.11 Å². The van der Waals surface area contributed by atoms with Crippen LogP contribution in [-0.2, 0) is 4.74 Å². The van der Waals surface area contributed by atoms with Gasteiger partial charge in [-0.05, 0) is 26.3 Å². The van der Waals surface area contributed by atoms with Crippen LogP contribution in [0.2, 0.25) is 0 Å². The zero-order valence-electron chi connectivity index (χ0n) is 13.2. The number of hydrogen-bond acceptors (Lipinski definition) is 5. The number of aromatic nitrogens is 1. The molecule has 0 spiro atoms. The molecule has 0 amide bonds. The van der Waals surface area contributed by atoms with Crippen molar-refractivity contribution in [3.8, 4) is 5.75 Å². The summed E-state index contributed by atoms with van der Waals surface area (Å²) in [4.78, 5) is 6.48. The molecule has 1 aromatic rings. The molecule has 1 aromatic heterocycles. The molecule has 2 heterocycles. The Kier molecular flexibility index (Phi) is 5.96. The molecule has 1 aliphatic rings. The van der Waals surface area contributed by atoms with E-state index in [1.807, 2.05) is 6.07 Å². The molecule has 0 aliphatic carbocycles. The molecule has 5 nitrogen and oxygen atoms in total. The fourth-order valence-corrected chi connectivity index (χ4v) is 2.47. The Hall–Kier alpha value is -1.17. The second kappa shape index (κ2) is 7.73. The van der Waals surface area contributed by atoms with Crippen LogP contribution in [0.5, 0.6) is 5.75 Å². The van der Waals surface area contributed by atoms with Crippen molar-refractivity contribution < 1.29 is 14.6 Å². The van der Waals surface area contributed by atoms with Gasteiger partial charge in [0.05, 0.1) is 19.4 Å². The van der Waals surface area contributed by atoms with E-state index < -0.39 is 6.10 Å². The summed E-state index contributed by atoms with van der Waals surface area (Å²) in [6.07, 6.45) is 3.41. The third kappa shape index (κ3) is 4.40. The molecular weight excluding hydrogens is 268 g/mol. The van der Waals surface area contributed by atoms with Crippen molar-refractivity contribution in [3.63, 3.8) is 0 Å². The van der Waals surface area contributed by atoms with E-state index >= 15 is 0 Å². The minimum atomic E-state index is -0.677. The van der Waals surface area contributed by atoms with Crippen molar-refractivity contribution in [2.75, 3.05) is 26.3 Å². The van der Waals surface area contributed by atoms with Gasteiger partial charge in [0, 0.05) is 30.9 Å². The van der Waals surface area contributed by atoms with E-state index in [0.29, 0.717) is 25.0 Å². The molecule has 1 aliphatic heterocycles. The monoisotopic (exact) mass is 294 g/mol. The molecule has 1 saturated heterocycles. The maximum absolute atomic E-state index is 10.5. The van der Waals surface area contributed by atoms with Crippen LogP contribution < -0.4 is 4.74 Å². The first-order valence-electron chi connectivity index (χ1n) is 7.73. The van der Waals surface area contributed by atoms with Crippen LogP contribution in [0.3, 0.4) is 0 Å². The average molecular weight is 294 g/mol. The van der Waals surface area contributed by atoms with E-state index in [2.05, 4.69) is 30.7 Å². The molecule has 0 saturated carbocycles. The second-order valence-electron chi connectivity index (χ2n) is 5.75. The maximum atomic E-state index is 10.5. The van der Waals surface area contributed by atoms with Gasteiger partial charge < -0.3 is 14.6 Å². The lowest BCUT2D eigenvalue weighted by molar-refractivity contribution is -0.0962. The first-order valence-corrected chi connectivity index (χ1v) is 7.73. The minimum Gasteiger partial charge on any atom is -0.492 e. The number of aliphatic hydroxyl groups excluding tert-OH is 1. The summed E-state index contributed by atoms with van der Waals surface area (Å²) in [5.41, 5.74) is 0.749. The van der Waals surface area contributed by atoms with Crippen LogP contribution in [-0.4, -0.2) is 53.4 Å². The lowest BCUT2D eigenvalue weighted by Crippen LogP contribution is -2.47. The molecule has 2 rings (SSSR count). The van der Waals surface area contributed by atoms with Crippen molar-refractivity contribution in [2.45, 2.75) is 45.4 Å². The summed E-state index contributed by atoms with van der Waals surface area (Å²) in [5, 5.41) is 10.5. The Morgan fingerprint density at radius 1 is 1.48 bits per heavy atom.